The van der Waals surface area contributed by atoms with Gasteiger partial charge in [-0.1, -0.05) is 24.4 Å². The van der Waals surface area contributed by atoms with Crippen LogP contribution < -0.4 is 10.1 Å². The first-order valence-corrected chi connectivity index (χ1v) is 7.44. The average molecular weight is 300 g/mol. The number of aliphatic hydroxyl groups excluding tert-OH is 1. The molecule has 2 N–H and O–H groups in total. The maximum absolute atomic E-state index is 9.93. The lowest BCUT2D eigenvalue weighted by Crippen LogP contribution is -2.27. The second-order valence-corrected chi connectivity index (χ2v) is 5.53. The number of hydrogen-bond donors (Lipinski definition) is 2. The van der Waals surface area contributed by atoms with E-state index < -0.39 is 6.10 Å². The summed E-state index contributed by atoms with van der Waals surface area (Å²) < 4.78 is 10.8. The molecular weight excluding hydrogens is 278 g/mol. The molecule has 0 saturated heterocycles. The zero-order valence-corrected chi connectivity index (χ0v) is 12.5. The fourth-order valence-electron chi connectivity index (χ4n) is 2.36. The molecule has 1 aromatic carbocycles. The van der Waals surface area contributed by atoms with E-state index in [1.54, 1.807) is 19.2 Å². The summed E-state index contributed by atoms with van der Waals surface area (Å²) in [6.45, 7) is 0.763. The van der Waals surface area contributed by atoms with Crippen LogP contribution in [0.2, 0.25) is 5.02 Å². The topological polar surface area (TPSA) is 50.7 Å². The quantitative estimate of drug-likeness (QED) is 0.812. The molecule has 0 bridgehead atoms. The fourth-order valence-corrected chi connectivity index (χ4v) is 2.54. The van der Waals surface area contributed by atoms with Gasteiger partial charge in [-0.2, -0.15) is 0 Å². The van der Waals surface area contributed by atoms with Crippen molar-refractivity contribution in [2.75, 3.05) is 25.6 Å². The molecule has 5 heteroatoms. The van der Waals surface area contributed by atoms with Crippen molar-refractivity contribution in [3.63, 3.8) is 0 Å². The highest BCUT2D eigenvalue weighted by Crippen LogP contribution is 2.26. The standard InChI is InChI=1S/C15H22ClNO3/c1-19-13-6-7-14(16)15(8-13)17-9-11(18)10-20-12-4-2-3-5-12/h6-8,11-12,17-18H,2-5,9-10H2,1H3. The minimum Gasteiger partial charge on any atom is -0.497 e. The van der Waals surface area contributed by atoms with E-state index in [4.69, 9.17) is 21.1 Å². The first kappa shape index (κ1) is 15.4. The molecule has 0 amide bonds. The van der Waals surface area contributed by atoms with Crippen LogP contribution in [0.5, 0.6) is 5.75 Å². The number of methoxy groups -OCH3 is 1. The van der Waals surface area contributed by atoms with Crippen molar-refractivity contribution in [1.82, 2.24) is 0 Å². The lowest BCUT2D eigenvalue weighted by atomic mass is 10.2. The zero-order valence-electron chi connectivity index (χ0n) is 11.8. The molecule has 1 aliphatic carbocycles. The van der Waals surface area contributed by atoms with Crippen molar-refractivity contribution >= 4 is 17.3 Å². The van der Waals surface area contributed by atoms with E-state index >= 15 is 0 Å². The molecule has 0 aromatic heterocycles. The van der Waals surface area contributed by atoms with Crippen LogP contribution in [0.25, 0.3) is 0 Å². The van der Waals surface area contributed by atoms with Crippen LogP contribution in [0.1, 0.15) is 25.7 Å². The summed E-state index contributed by atoms with van der Waals surface area (Å²) in [6.07, 6.45) is 4.48. The SMILES string of the molecule is COc1ccc(Cl)c(NCC(O)COC2CCCC2)c1. The second kappa shape index (κ2) is 7.72. The van der Waals surface area contributed by atoms with Gasteiger partial charge in [0.2, 0.25) is 0 Å². The Bertz CT molecular complexity index is 422. The minimum absolute atomic E-state index is 0.324. The Morgan fingerprint density at radius 1 is 1.40 bits per heavy atom. The van der Waals surface area contributed by atoms with E-state index in [9.17, 15) is 5.11 Å². The van der Waals surface area contributed by atoms with Gasteiger partial charge in [0.15, 0.2) is 0 Å². The van der Waals surface area contributed by atoms with E-state index in [-0.39, 0.29) is 0 Å². The Kier molecular flexibility index (Phi) is 5.95. The van der Waals surface area contributed by atoms with Gasteiger partial charge in [0.25, 0.3) is 0 Å². The average Bonchev–Trinajstić information content (AvgIpc) is 2.97. The van der Waals surface area contributed by atoms with Crippen LogP contribution in [0.3, 0.4) is 0 Å². The van der Waals surface area contributed by atoms with Crippen LogP contribution in [0.15, 0.2) is 18.2 Å². The number of hydrogen-bond acceptors (Lipinski definition) is 4. The Balaban J connectivity index is 1.75. The lowest BCUT2D eigenvalue weighted by molar-refractivity contribution is -0.00117. The van der Waals surface area contributed by atoms with Gasteiger partial charge in [-0.05, 0) is 25.0 Å². The predicted molar refractivity (Wildman–Crippen MR) is 80.7 cm³/mol. The summed E-state index contributed by atoms with van der Waals surface area (Å²) in [5.41, 5.74) is 0.755. The van der Waals surface area contributed by atoms with Gasteiger partial charge >= 0.3 is 0 Å². The van der Waals surface area contributed by atoms with Crippen LogP contribution in [-0.2, 0) is 4.74 Å². The molecule has 1 unspecified atom stereocenters. The molecule has 0 heterocycles. The number of anilines is 1. The molecule has 20 heavy (non-hydrogen) atoms. The molecule has 112 valence electrons. The lowest BCUT2D eigenvalue weighted by Gasteiger charge is -2.17. The maximum Gasteiger partial charge on any atom is 0.121 e. The van der Waals surface area contributed by atoms with E-state index in [1.165, 1.54) is 12.8 Å². The number of rotatable bonds is 7. The van der Waals surface area contributed by atoms with Crippen LogP contribution >= 0.6 is 11.6 Å². The first-order valence-electron chi connectivity index (χ1n) is 7.06. The third-order valence-corrected chi connectivity index (χ3v) is 3.86. The van der Waals surface area contributed by atoms with E-state index in [2.05, 4.69) is 5.32 Å². The Hall–Kier alpha value is -0.970. The molecule has 0 spiro atoms. The molecule has 1 atom stereocenters. The van der Waals surface area contributed by atoms with Crippen molar-refractivity contribution in [1.29, 1.82) is 0 Å². The van der Waals surface area contributed by atoms with Gasteiger partial charge in [-0.15, -0.1) is 0 Å². The molecule has 4 nitrogen and oxygen atoms in total. The van der Waals surface area contributed by atoms with Crippen molar-refractivity contribution < 1.29 is 14.6 Å². The maximum atomic E-state index is 9.93. The largest absolute Gasteiger partial charge is 0.497 e. The van der Waals surface area contributed by atoms with Gasteiger partial charge < -0.3 is 19.9 Å². The van der Waals surface area contributed by atoms with Gasteiger partial charge in [0.1, 0.15) is 5.75 Å². The fraction of sp³-hybridized carbons (Fsp3) is 0.600. The normalized spacial score (nSPS) is 17.1. The van der Waals surface area contributed by atoms with Gasteiger partial charge in [0.05, 0.1) is 36.6 Å². The molecule has 1 aliphatic rings. The molecule has 0 aliphatic heterocycles. The molecule has 1 saturated carbocycles. The Labute approximate surface area is 125 Å². The summed E-state index contributed by atoms with van der Waals surface area (Å²) in [5, 5.41) is 13.7. The predicted octanol–water partition coefficient (Wildman–Crippen LogP) is 3.08. The summed E-state index contributed by atoms with van der Waals surface area (Å²) in [6, 6.07) is 5.38. The zero-order chi connectivity index (χ0) is 14.4. The third-order valence-electron chi connectivity index (χ3n) is 3.53. The summed E-state index contributed by atoms with van der Waals surface area (Å²) >= 11 is 6.09. The van der Waals surface area contributed by atoms with Crippen molar-refractivity contribution in [2.45, 2.75) is 37.9 Å². The Morgan fingerprint density at radius 3 is 2.85 bits per heavy atom. The van der Waals surface area contributed by atoms with Crippen LogP contribution in [0, 0.1) is 0 Å². The summed E-state index contributed by atoms with van der Waals surface area (Å²) in [4.78, 5) is 0. The molecule has 1 fully saturated rings. The monoisotopic (exact) mass is 299 g/mol. The van der Waals surface area contributed by atoms with Gasteiger partial charge in [-0.25, -0.2) is 0 Å². The van der Waals surface area contributed by atoms with Crippen molar-refractivity contribution in [2.24, 2.45) is 0 Å². The third kappa shape index (κ3) is 4.54. The van der Waals surface area contributed by atoms with Gasteiger partial charge in [0, 0.05) is 12.6 Å². The molecule has 1 aromatic rings. The summed E-state index contributed by atoms with van der Waals surface area (Å²) in [5.74, 6) is 0.730. The molecule has 2 rings (SSSR count). The number of nitrogens with one attached hydrogen (secondary N) is 1. The molecule has 0 radical (unpaired) electrons. The summed E-state index contributed by atoms with van der Waals surface area (Å²) in [7, 11) is 1.61. The van der Waals surface area contributed by atoms with Crippen molar-refractivity contribution in [3.8, 4) is 5.75 Å². The highest BCUT2D eigenvalue weighted by molar-refractivity contribution is 6.33. The minimum atomic E-state index is -0.544. The van der Waals surface area contributed by atoms with Crippen molar-refractivity contribution in [3.05, 3.63) is 23.2 Å². The van der Waals surface area contributed by atoms with E-state index in [0.717, 1.165) is 24.3 Å². The smallest absolute Gasteiger partial charge is 0.121 e. The number of ether oxygens (including phenoxy) is 2. The number of halogens is 1. The van der Waals surface area contributed by atoms with Gasteiger partial charge in [-0.3, -0.25) is 0 Å². The second-order valence-electron chi connectivity index (χ2n) is 5.12. The number of aliphatic hydroxyl groups is 1. The van der Waals surface area contributed by atoms with E-state index in [1.807, 2.05) is 6.07 Å². The highest BCUT2D eigenvalue weighted by atomic mass is 35.5. The number of benzene rings is 1. The highest BCUT2D eigenvalue weighted by Gasteiger charge is 2.17. The first-order chi connectivity index (χ1) is 9.69. The van der Waals surface area contributed by atoms with Crippen LogP contribution in [-0.4, -0.2) is 37.6 Å². The Morgan fingerprint density at radius 2 is 2.15 bits per heavy atom. The van der Waals surface area contributed by atoms with E-state index in [0.29, 0.717) is 24.3 Å². The van der Waals surface area contributed by atoms with Crippen LogP contribution in [0.4, 0.5) is 5.69 Å². The molecular formula is C15H22ClNO3.